The Bertz CT molecular complexity index is 1410. The molecule has 39 heavy (non-hydrogen) atoms. The van der Waals surface area contributed by atoms with Gasteiger partial charge in [-0.2, -0.15) is 0 Å². The minimum absolute atomic E-state index is 0.473. The molecule has 202 valence electrons. The molecule has 2 N–H and O–H groups in total. The molecule has 0 amide bonds. The van der Waals surface area contributed by atoms with Gasteiger partial charge in [-0.15, -0.1) is 0 Å². The van der Waals surface area contributed by atoms with Crippen molar-refractivity contribution in [2.45, 2.75) is 39.5 Å². The number of aromatic nitrogens is 1. The van der Waals surface area contributed by atoms with Crippen LogP contribution in [-0.2, 0) is 0 Å². The maximum absolute atomic E-state index is 6.51. The van der Waals surface area contributed by atoms with Crippen LogP contribution in [0, 0.1) is 18.8 Å². The third-order valence-corrected chi connectivity index (χ3v) is 8.26. The Balaban J connectivity index is 1.44. The van der Waals surface area contributed by atoms with Crippen LogP contribution >= 0.6 is 0 Å². The average molecular weight is 521 g/mol. The molecule has 0 atom stereocenters. The first-order valence-electron chi connectivity index (χ1n) is 14.1. The van der Waals surface area contributed by atoms with Crippen molar-refractivity contribution in [3.63, 3.8) is 0 Å². The van der Waals surface area contributed by atoms with E-state index in [4.69, 9.17) is 10.7 Å². The number of nitrogens with two attached hydrogens (primary N) is 1. The third kappa shape index (κ3) is 5.96. The number of aryl methyl sites for hydroxylation is 1. The van der Waals surface area contributed by atoms with Gasteiger partial charge in [0.1, 0.15) is 11.5 Å². The van der Waals surface area contributed by atoms with Gasteiger partial charge in [0.2, 0.25) is 0 Å². The van der Waals surface area contributed by atoms with Crippen molar-refractivity contribution in [2.75, 3.05) is 26.7 Å². The number of aliphatic imine (C=N–C) groups is 2. The van der Waals surface area contributed by atoms with Gasteiger partial charge < -0.3 is 15.5 Å². The number of rotatable bonds is 8. The Morgan fingerprint density at radius 1 is 1.08 bits per heavy atom. The lowest BCUT2D eigenvalue weighted by molar-refractivity contribution is 0.193. The second kappa shape index (κ2) is 12.0. The molecule has 2 heterocycles. The fourth-order valence-corrected chi connectivity index (χ4v) is 5.94. The topological polar surface area (TPSA) is 70.1 Å². The largest absolute Gasteiger partial charge is 0.382 e. The molecule has 1 aliphatic heterocycles. The number of fused-ring (bicyclic) bond motifs is 1. The summed E-state index contributed by atoms with van der Waals surface area (Å²) in [6.07, 6.45) is 8.84. The third-order valence-electron chi connectivity index (χ3n) is 8.26. The second-order valence-corrected chi connectivity index (χ2v) is 11.0. The van der Waals surface area contributed by atoms with E-state index in [-0.39, 0.29) is 0 Å². The number of nitrogens with zero attached hydrogens (tertiary/aromatic N) is 5. The van der Waals surface area contributed by atoms with E-state index in [9.17, 15) is 0 Å². The molecule has 0 saturated heterocycles. The lowest BCUT2D eigenvalue weighted by Gasteiger charge is -2.35. The molecule has 0 spiro atoms. The molecule has 1 aliphatic carbocycles. The summed E-state index contributed by atoms with van der Waals surface area (Å²) in [6, 6.07) is 18.8. The zero-order valence-corrected chi connectivity index (χ0v) is 23.5. The summed E-state index contributed by atoms with van der Waals surface area (Å²) >= 11 is 0. The smallest absolute Gasteiger partial charge is 0.149 e. The van der Waals surface area contributed by atoms with Crippen molar-refractivity contribution in [2.24, 2.45) is 27.6 Å². The maximum Gasteiger partial charge on any atom is 0.149 e. The standard InChI is InChI=1S/C33H40N6/c1-5-38(4)21-24-11-13-25(14-12-24)22-39-18-17-36-33(34)32(39)31(35-3)27-15-16-28-23(2)19-29(37-30(28)20-27)26-9-7-6-8-10-26/h6-10,15-20,24-25H,3,5,11-14,21-22H2,1-2,4H3,(H2,34,36)/b32-31-. The summed E-state index contributed by atoms with van der Waals surface area (Å²) in [5.41, 5.74) is 13.2. The van der Waals surface area contributed by atoms with Crippen LogP contribution in [-0.4, -0.2) is 54.0 Å². The molecule has 0 unspecified atom stereocenters. The van der Waals surface area contributed by atoms with Crippen LogP contribution in [0.25, 0.3) is 27.9 Å². The fraction of sp³-hybridized carbons (Fsp3) is 0.364. The first-order chi connectivity index (χ1) is 19.0. The van der Waals surface area contributed by atoms with Crippen LogP contribution in [0.1, 0.15) is 43.7 Å². The highest BCUT2D eigenvalue weighted by Gasteiger charge is 2.27. The predicted molar refractivity (Wildman–Crippen MR) is 164 cm³/mol. The molecule has 1 fully saturated rings. The predicted octanol–water partition coefficient (Wildman–Crippen LogP) is 6.48. The lowest BCUT2D eigenvalue weighted by atomic mass is 9.81. The second-order valence-electron chi connectivity index (χ2n) is 11.0. The summed E-state index contributed by atoms with van der Waals surface area (Å²) in [6.45, 7) is 11.5. The number of pyridine rings is 1. The van der Waals surface area contributed by atoms with E-state index in [0.29, 0.717) is 11.8 Å². The maximum atomic E-state index is 6.51. The van der Waals surface area contributed by atoms with E-state index in [1.807, 2.05) is 24.4 Å². The molecule has 6 heteroatoms. The minimum atomic E-state index is 0.473. The van der Waals surface area contributed by atoms with Crippen molar-refractivity contribution in [3.8, 4) is 11.3 Å². The van der Waals surface area contributed by atoms with E-state index < -0.39 is 0 Å². The summed E-state index contributed by atoms with van der Waals surface area (Å²) in [4.78, 5) is 18.6. The molecule has 2 aromatic carbocycles. The molecule has 5 rings (SSSR count). The van der Waals surface area contributed by atoms with E-state index in [0.717, 1.165) is 58.1 Å². The van der Waals surface area contributed by atoms with Gasteiger partial charge in [0.15, 0.2) is 0 Å². The van der Waals surface area contributed by atoms with Gasteiger partial charge in [-0.25, -0.2) is 9.98 Å². The number of benzene rings is 2. The molecule has 1 aromatic heterocycles. The van der Waals surface area contributed by atoms with Gasteiger partial charge in [0.25, 0.3) is 0 Å². The highest BCUT2D eigenvalue weighted by molar-refractivity contribution is 6.05. The van der Waals surface area contributed by atoms with E-state index in [2.05, 4.69) is 83.8 Å². The minimum Gasteiger partial charge on any atom is -0.382 e. The molecular formula is C33H40N6. The Kier molecular flexibility index (Phi) is 8.22. The molecule has 0 bridgehead atoms. The molecule has 1 saturated carbocycles. The van der Waals surface area contributed by atoms with Gasteiger partial charge in [-0.05, 0) is 82.4 Å². The fourth-order valence-electron chi connectivity index (χ4n) is 5.94. The summed E-state index contributed by atoms with van der Waals surface area (Å²) < 4.78 is 0. The van der Waals surface area contributed by atoms with Crippen molar-refractivity contribution in [1.29, 1.82) is 0 Å². The van der Waals surface area contributed by atoms with Crippen LogP contribution in [0.5, 0.6) is 0 Å². The zero-order chi connectivity index (χ0) is 27.4. The van der Waals surface area contributed by atoms with Gasteiger partial charge in [-0.3, -0.25) is 4.99 Å². The van der Waals surface area contributed by atoms with Crippen LogP contribution < -0.4 is 5.73 Å². The normalized spacial score (nSPS) is 20.8. The van der Waals surface area contributed by atoms with E-state index in [1.54, 1.807) is 6.20 Å². The summed E-state index contributed by atoms with van der Waals surface area (Å²) in [5.74, 6) is 1.88. The average Bonchev–Trinajstić information content (AvgIpc) is 2.96. The Morgan fingerprint density at radius 3 is 2.54 bits per heavy atom. The molecule has 0 radical (unpaired) electrons. The molecule has 2 aliphatic rings. The lowest BCUT2D eigenvalue weighted by Crippen LogP contribution is -2.36. The van der Waals surface area contributed by atoms with Crippen LogP contribution in [0.15, 0.2) is 82.7 Å². The van der Waals surface area contributed by atoms with E-state index in [1.165, 1.54) is 37.8 Å². The highest BCUT2D eigenvalue weighted by Crippen LogP contribution is 2.34. The SMILES string of the molecule is C=N/C(=C1/C(N)=NC=CN1CC1CCC(CN(C)CC)CC1)c1ccc2c(C)cc(-c3ccccc3)nc2c1. The van der Waals surface area contributed by atoms with E-state index >= 15 is 0 Å². The first kappa shape index (κ1) is 26.8. The summed E-state index contributed by atoms with van der Waals surface area (Å²) in [7, 11) is 2.22. The molecule has 6 nitrogen and oxygen atoms in total. The Morgan fingerprint density at radius 2 is 1.82 bits per heavy atom. The quantitative estimate of drug-likeness (QED) is 0.345. The van der Waals surface area contributed by atoms with Crippen molar-refractivity contribution >= 4 is 29.2 Å². The van der Waals surface area contributed by atoms with Crippen molar-refractivity contribution in [3.05, 3.63) is 83.8 Å². The van der Waals surface area contributed by atoms with Gasteiger partial charge in [-0.1, -0.05) is 49.4 Å². The monoisotopic (exact) mass is 520 g/mol. The first-order valence-corrected chi connectivity index (χ1v) is 14.1. The van der Waals surface area contributed by atoms with Crippen LogP contribution in [0.2, 0.25) is 0 Å². The molecule has 3 aromatic rings. The van der Waals surface area contributed by atoms with Crippen LogP contribution in [0.3, 0.4) is 0 Å². The molecular weight excluding hydrogens is 480 g/mol. The number of hydrogen-bond donors (Lipinski definition) is 1. The Labute approximate surface area is 232 Å². The Hall–Kier alpha value is -3.77. The number of amidine groups is 1. The summed E-state index contributed by atoms with van der Waals surface area (Å²) in [5, 5.41) is 1.12. The van der Waals surface area contributed by atoms with Crippen LogP contribution in [0.4, 0.5) is 0 Å². The van der Waals surface area contributed by atoms with Gasteiger partial charge in [0, 0.05) is 42.0 Å². The number of hydrogen-bond acceptors (Lipinski definition) is 6. The highest BCUT2D eigenvalue weighted by atomic mass is 15.2. The van der Waals surface area contributed by atoms with Crippen molar-refractivity contribution in [1.82, 2.24) is 14.8 Å². The zero-order valence-electron chi connectivity index (χ0n) is 23.5. The van der Waals surface area contributed by atoms with Gasteiger partial charge in [0.05, 0.1) is 16.9 Å². The van der Waals surface area contributed by atoms with Crippen molar-refractivity contribution < 1.29 is 0 Å². The van der Waals surface area contributed by atoms with Gasteiger partial charge >= 0.3 is 0 Å².